The molecule has 1 aromatic heterocycles. The second-order valence-electron chi connectivity index (χ2n) is 4.46. The van der Waals surface area contributed by atoms with Crippen LogP contribution in [0.15, 0.2) is 36.7 Å². The summed E-state index contributed by atoms with van der Waals surface area (Å²) in [5, 5.41) is 3.49. The largest absolute Gasteiger partial charge is 0.494 e. The lowest BCUT2D eigenvalue weighted by molar-refractivity contribution is 0.340. The fraction of sp³-hybridized carbons (Fsp3) is 0.400. The molecule has 0 saturated heterocycles. The molecule has 2 rings (SSSR count). The van der Waals surface area contributed by atoms with Crippen LogP contribution in [0.5, 0.6) is 5.75 Å². The van der Waals surface area contributed by atoms with E-state index in [4.69, 9.17) is 4.74 Å². The standard InChI is InChI=1S/C15H21N3O/c1-3-19-14-6-4-13(5-7-14)12(2)16-9-8-15-17-10-11-18-15/h4-7,10-12,16H,3,8-9H2,1-2H3,(H,17,18). The third-order valence-corrected chi connectivity index (χ3v) is 3.06. The predicted molar refractivity (Wildman–Crippen MR) is 76.3 cm³/mol. The van der Waals surface area contributed by atoms with E-state index < -0.39 is 0 Å². The van der Waals surface area contributed by atoms with E-state index in [9.17, 15) is 0 Å². The molecule has 2 N–H and O–H groups in total. The molecule has 0 aliphatic heterocycles. The van der Waals surface area contributed by atoms with Crippen molar-refractivity contribution in [3.63, 3.8) is 0 Å². The van der Waals surface area contributed by atoms with Crippen LogP contribution >= 0.6 is 0 Å². The van der Waals surface area contributed by atoms with E-state index in [1.807, 2.05) is 25.3 Å². The molecular weight excluding hydrogens is 238 g/mol. The second kappa shape index (κ2) is 6.95. The van der Waals surface area contributed by atoms with Crippen LogP contribution < -0.4 is 10.1 Å². The Bertz CT molecular complexity index is 465. The van der Waals surface area contributed by atoms with Crippen molar-refractivity contribution in [2.75, 3.05) is 13.2 Å². The fourth-order valence-electron chi connectivity index (χ4n) is 1.98. The zero-order valence-electron chi connectivity index (χ0n) is 11.5. The van der Waals surface area contributed by atoms with Gasteiger partial charge in [0.15, 0.2) is 0 Å². The summed E-state index contributed by atoms with van der Waals surface area (Å²) in [5.74, 6) is 1.94. The van der Waals surface area contributed by atoms with Gasteiger partial charge in [-0.2, -0.15) is 0 Å². The van der Waals surface area contributed by atoms with Gasteiger partial charge in [-0.05, 0) is 31.5 Å². The van der Waals surface area contributed by atoms with Crippen molar-refractivity contribution in [2.24, 2.45) is 0 Å². The molecule has 1 aromatic carbocycles. The number of hydrogen-bond acceptors (Lipinski definition) is 3. The van der Waals surface area contributed by atoms with Crippen LogP contribution in [0.1, 0.15) is 31.3 Å². The maximum Gasteiger partial charge on any atom is 0.119 e. The Hall–Kier alpha value is -1.81. The number of imidazole rings is 1. The highest BCUT2D eigenvalue weighted by Gasteiger charge is 2.05. The summed E-state index contributed by atoms with van der Waals surface area (Å²) in [6.45, 7) is 5.77. The van der Waals surface area contributed by atoms with Gasteiger partial charge in [0.2, 0.25) is 0 Å². The Morgan fingerprint density at radius 1 is 1.32 bits per heavy atom. The number of benzene rings is 1. The first-order chi connectivity index (χ1) is 9.29. The van der Waals surface area contributed by atoms with Gasteiger partial charge in [-0.1, -0.05) is 12.1 Å². The van der Waals surface area contributed by atoms with E-state index in [0.717, 1.165) is 24.5 Å². The summed E-state index contributed by atoms with van der Waals surface area (Å²) in [7, 11) is 0. The third kappa shape index (κ3) is 4.10. The SMILES string of the molecule is CCOc1ccc(C(C)NCCc2ncc[nH]2)cc1. The molecule has 4 heteroatoms. The number of hydrogen-bond donors (Lipinski definition) is 2. The van der Waals surface area contributed by atoms with Gasteiger partial charge in [0.25, 0.3) is 0 Å². The van der Waals surface area contributed by atoms with E-state index in [-0.39, 0.29) is 0 Å². The normalized spacial score (nSPS) is 12.3. The molecule has 0 fully saturated rings. The molecule has 1 unspecified atom stereocenters. The highest BCUT2D eigenvalue weighted by molar-refractivity contribution is 5.28. The summed E-state index contributed by atoms with van der Waals surface area (Å²) in [6, 6.07) is 8.57. The second-order valence-corrected chi connectivity index (χ2v) is 4.46. The Kier molecular flexibility index (Phi) is 4.98. The number of nitrogens with one attached hydrogen (secondary N) is 2. The van der Waals surface area contributed by atoms with E-state index in [1.165, 1.54) is 5.56 Å². The molecule has 0 spiro atoms. The molecular formula is C15H21N3O. The van der Waals surface area contributed by atoms with Gasteiger partial charge in [-0.3, -0.25) is 0 Å². The third-order valence-electron chi connectivity index (χ3n) is 3.06. The molecule has 2 aromatic rings. The zero-order chi connectivity index (χ0) is 13.5. The minimum absolute atomic E-state index is 0.325. The van der Waals surface area contributed by atoms with Crippen LogP contribution in [0, 0.1) is 0 Å². The number of aromatic nitrogens is 2. The summed E-state index contributed by atoms with van der Waals surface area (Å²) < 4.78 is 5.44. The fourth-order valence-corrected chi connectivity index (χ4v) is 1.98. The Morgan fingerprint density at radius 2 is 2.11 bits per heavy atom. The summed E-state index contributed by atoms with van der Waals surface area (Å²) in [5.41, 5.74) is 1.27. The van der Waals surface area contributed by atoms with Gasteiger partial charge < -0.3 is 15.0 Å². The van der Waals surface area contributed by atoms with E-state index in [2.05, 4.69) is 34.3 Å². The minimum Gasteiger partial charge on any atom is -0.494 e. The molecule has 19 heavy (non-hydrogen) atoms. The quantitative estimate of drug-likeness (QED) is 0.803. The summed E-state index contributed by atoms with van der Waals surface area (Å²) in [4.78, 5) is 7.31. The molecule has 0 bridgehead atoms. The summed E-state index contributed by atoms with van der Waals surface area (Å²) >= 11 is 0. The number of rotatable bonds is 7. The first-order valence-corrected chi connectivity index (χ1v) is 6.74. The van der Waals surface area contributed by atoms with E-state index in [1.54, 1.807) is 6.20 Å². The van der Waals surface area contributed by atoms with Crippen LogP contribution in [0.3, 0.4) is 0 Å². The molecule has 0 aliphatic rings. The molecule has 102 valence electrons. The van der Waals surface area contributed by atoms with E-state index in [0.29, 0.717) is 12.6 Å². The maximum atomic E-state index is 5.44. The van der Waals surface area contributed by atoms with Crippen LogP contribution in [0.25, 0.3) is 0 Å². The van der Waals surface area contributed by atoms with Gasteiger partial charge in [0, 0.05) is 31.4 Å². The van der Waals surface area contributed by atoms with Crippen LogP contribution in [-0.2, 0) is 6.42 Å². The number of H-pyrrole nitrogens is 1. The molecule has 1 heterocycles. The van der Waals surface area contributed by atoms with Crippen LogP contribution in [0.2, 0.25) is 0 Å². The smallest absolute Gasteiger partial charge is 0.119 e. The van der Waals surface area contributed by atoms with Gasteiger partial charge in [0.05, 0.1) is 6.61 Å². The number of nitrogens with zero attached hydrogens (tertiary/aromatic N) is 1. The lowest BCUT2D eigenvalue weighted by Gasteiger charge is -2.14. The molecule has 0 saturated carbocycles. The van der Waals surface area contributed by atoms with Crippen molar-refractivity contribution in [2.45, 2.75) is 26.3 Å². The average molecular weight is 259 g/mol. The molecule has 0 amide bonds. The summed E-state index contributed by atoms with van der Waals surface area (Å²) in [6.07, 6.45) is 4.55. The maximum absolute atomic E-state index is 5.44. The minimum atomic E-state index is 0.325. The van der Waals surface area contributed by atoms with Gasteiger partial charge in [0.1, 0.15) is 11.6 Å². The Labute approximate surface area is 114 Å². The number of ether oxygens (including phenoxy) is 1. The molecule has 0 aliphatic carbocycles. The lowest BCUT2D eigenvalue weighted by atomic mass is 10.1. The van der Waals surface area contributed by atoms with Crippen LogP contribution in [0.4, 0.5) is 0 Å². The molecule has 1 atom stereocenters. The van der Waals surface area contributed by atoms with Gasteiger partial charge >= 0.3 is 0 Å². The van der Waals surface area contributed by atoms with Crippen molar-refractivity contribution in [1.29, 1.82) is 0 Å². The van der Waals surface area contributed by atoms with E-state index >= 15 is 0 Å². The lowest BCUT2D eigenvalue weighted by Crippen LogP contribution is -2.21. The first-order valence-electron chi connectivity index (χ1n) is 6.74. The average Bonchev–Trinajstić information content (AvgIpc) is 2.93. The van der Waals surface area contributed by atoms with Crippen molar-refractivity contribution in [1.82, 2.24) is 15.3 Å². The Balaban J connectivity index is 1.80. The topological polar surface area (TPSA) is 49.9 Å². The van der Waals surface area contributed by atoms with Crippen molar-refractivity contribution >= 4 is 0 Å². The van der Waals surface area contributed by atoms with Crippen LogP contribution in [-0.4, -0.2) is 23.1 Å². The molecule has 4 nitrogen and oxygen atoms in total. The highest BCUT2D eigenvalue weighted by Crippen LogP contribution is 2.17. The Morgan fingerprint density at radius 3 is 2.74 bits per heavy atom. The van der Waals surface area contributed by atoms with Gasteiger partial charge in [-0.15, -0.1) is 0 Å². The monoisotopic (exact) mass is 259 g/mol. The first kappa shape index (κ1) is 13.6. The van der Waals surface area contributed by atoms with Crippen molar-refractivity contribution in [3.8, 4) is 5.75 Å². The molecule has 0 radical (unpaired) electrons. The zero-order valence-corrected chi connectivity index (χ0v) is 11.5. The van der Waals surface area contributed by atoms with Gasteiger partial charge in [-0.25, -0.2) is 4.98 Å². The predicted octanol–water partition coefficient (Wildman–Crippen LogP) is 2.70. The number of aromatic amines is 1. The van der Waals surface area contributed by atoms with Crippen molar-refractivity contribution < 1.29 is 4.74 Å². The highest BCUT2D eigenvalue weighted by atomic mass is 16.5. The van der Waals surface area contributed by atoms with Crippen molar-refractivity contribution in [3.05, 3.63) is 48.0 Å².